The number of benzene rings is 2. The van der Waals surface area contributed by atoms with Crippen molar-refractivity contribution in [2.24, 2.45) is 0 Å². The minimum atomic E-state index is -2.54. The number of halogens is 3. The zero-order valence-electron chi connectivity index (χ0n) is 16.4. The van der Waals surface area contributed by atoms with E-state index in [4.69, 9.17) is 0 Å². The summed E-state index contributed by atoms with van der Waals surface area (Å²) in [6.07, 6.45) is 0.480. The van der Waals surface area contributed by atoms with Crippen molar-refractivity contribution >= 4 is 16.8 Å². The Bertz CT molecular complexity index is 1110. The van der Waals surface area contributed by atoms with Gasteiger partial charge in [0.2, 0.25) is 0 Å². The highest BCUT2D eigenvalue weighted by Crippen LogP contribution is 2.35. The van der Waals surface area contributed by atoms with E-state index < -0.39 is 11.7 Å². The van der Waals surface area contributed by atoms with Crippen LogP contribution in [0.3, 0.4) is 0 Å². The fourth-order valence-electron chi connectivity index (χ4n) is 4.51. The maximum absolute atomic E-state index is 14.0. The van der Waals surface area contributed by atoms with Gasteiger partial charge in [-0.1, -0.05) is 24.3 Å². The third-order valence-corrected chi connectivity index (χ3v) is 6.11. The van der Waals surface area contributed by atoms with E-state index in [0.717, 1.165) is 27.8 Å². The van der Waals surface area contributed by atoms with Crippen LogP contribution in [-0.2, 0) is 13.0 Å². The van der Waals surface area contributed by atoms with Gasteiger partial charge in [-0.25, -0.2) is 13.2 Å². The van der Waals surface area contributed by atoms with Crippen LogP contribution in [0.25, 0.3) is 22.2 Å². The van der Waals surface area contributed by atoms with E-state index in [2.05, 4.69) is 15.2 Å². The van der Waals surface area contributed by atoms with E-state index in [1.807, 2.05) is 24.3 Å². The molecule has 3 heterocycles. The lowest BCUT2D eigenvalue weighted by atomic mass is 9.99. The summed E-state index contributed by atoms with van der Waals surface area (Å²) in [5, 5.41) is 3.60. The molecule has 1 saturated heterocycles. The van der Waals surface area contributed by atoms with Gasteiger partial charge in [-0.15, -0.1) is 0 Å². The first-order valence-electron chi connectivity index (χ1n) is 10.2. The Morgan fingerprint density at radius 2 is 1.80 bits per heavy atom. The smallest absolute Gasteiger partial charge is 0.252 e. The van der Waals surface area contributed by atoms with Crippen LogP contribution in [-0.4, -0.2) is 41.3 Å². The van der Waals surface area contributed by atoms with Crippen LogP contribution >= 0.6 is 0 Å². The molecule has 3 aromatic rings. The maximum atomic E-state index is 14.0. The molecule has 30 heavy (non-hydrogen) atoms. The number of nitrogens with zero attached hydrogens (tertiary/aromatic N) is 1. The molecule has 1 aromatic heterocycles. The Hall–Kier alpha value is -2.80. The lowest BCUT2D eigenvalue weighted by molar-refractivity contribution is -0.0566. The number of aromatic nitrogens is 1. The van der Waals surface area contributed by atoms with Gasteiger partial charge >= 0.3 is 0 Å². The molecule has 2 aliphatic heterocycles. The Morgan fingerprint density at radius 3 is 2.53 bits per heavy atom. The highest BCUT2D eigenvalue weighted by Gasteiger charge is 2.33. The van der Waals surface area contributed by atoms with Crippen molar-refractivity contribution in [3.05, 3.63) is 58.9 Å². The summed E-state index contributed by atoms with van der Waals surface area (Å²) in [5.74, 6) is -3.24. The molecule has 0 bridgehead atoms. The van der Waals surface area contributed by atoms with Gasteiger partial charge < -0.3 is 10.3 Å². The van der Waals surface area contributed by atoms with Crippen LogP contribution in [0.1, 0.15) is 34.3 Å². The lowest BCUT2D eigenvalue weighted by Crippen LogP contribution is -2.38. The van der Waals surface area contributed by atoms with E-state index in [1.54, 1.807) is 0 Å². The molecular formula is C23H22F3N3O. The number of hydrogen-bond donors (Lipinski definition) is 2. The van der Waals surface area contributed by atoms with Crippen molar-refractivity contribution in [3.63, 3.8) is 0 Å². The molecule has 0 spiro atoms. The largest absolute Gasteiger partial charge is 0.354 e. The molecule has 2 N–H and O–H groups in total. The molecule has 7 heteroatoms. The van der Waals surface area contributed by atoms with Crippen LogP contribution in [0, 0.1) is 5.82 Å². The number of aromatic amines is 1. The van der Waals surface area contributed by atoms with E-state index >= 15 is 0 Å². The Morgan fingerprint density at radius 1 is 1.07 bits per heavy atom. The van der Waals surface area contributed by atoms with E-state index in [9.17, 15) is 18.0 Å². The molecule has 0 unspecified atom stereocenters. The molecule has 2 aromatic carbocycles. The van der Waals surface area contributed by atoms with Crippen LogP contribution in [0.5, 0.6) is 0 Å². The van der Waals surface area contributed by atoms with Gasteiger partial charge in [0.25, 0.3) is 11.8 Å². The summed E-state index contributed by atoms with van der Waals surface area (Å²) in [6, 6.07) is 10.7. The van der Waals surface area contributed by atoms with E-state index in [0.29, 0.717) is 43.7 Å². The molecule has 0 saturated carbocycles. The van der Waals surface area contributed by atoms with Gasteiger partial charge in [-0.2, -0.15) is 0 Å². The number of carbonyl (C=O) groups excluding carboxylic acids is 1. The van der Waals surface area contributed by atoms with Crippen molar-refractivity contribution in [1.82, 2.24) is 15.2 Å². The maximum Gasteiger partial charge on any atom is 0.252 e. The van der Waals surface area contributed by atoms with Gasteiger partial charge in [0.1, 0.15) is 5.82 Å². The average Bonchev–Trinajstić information content (AvgIpc) is 2.98. The van der Waals surface area contributed by atoms with E-state index in [1.165, 1.54) is 12.1 Å². The van der Waals surface area contributed by atoms with E-state index in [-0.39, 0.29) is 18.7 Å². The van der Waals surface area contributed by atoms with Gasteiger partial charge in [0.15, 0.2) is 0 Å². The number of alkyl halides is 2. The summed E-state index contributed by atoms with van der Waals surface area (Å²) < 4.78 is 40.7. The summed E-state index contributed by atoms with van der Waals surface area (Å²) in [5.41, 5.74) is 4.89. The number of H-pyrrole nitrogens is 1. The number of amides is 1. The monoisotopic (exact) mass is 413 g/mol. The minimum Gasteiger partial charge on any atom is -0.354 e. The zero-order chi connectivity index (χ0) is 20.9. The normalized spacial score (nSPS) is 19.0. The van der Waals surface area contributed by atoms with Crippen LogP contribution in [0.2, 0.25) is 0 Å². The third-order valence-electron chi connectivity index (χ3n) is 6.11. The van der Waals surface area contributed by atoms with Crippen LogP contribution in [0.4, 0.5) is 13.2 Å². The van der Waals surface area contributed by atoms with Gasteiger partial charge in [0.05, 0.1) is 5.56 Å². The zero-order valence-corrected chi connectivity index (χ0v) is 16.4. The number of carbonyl (C=O) groups is 1. The quantitative estimate of drug-likeness (QED) is 0.665. The standard InChI is InChI=1S/C23H22F3N3O/c24-16-11-18-20-17(5-8-27-22(18)30)21(28-19(20)12-16)15-3-1-14(2-4-15)13-29-9-6-23(25,26)7-10-29/h1-4,11-12,28H,5-10,13H2,(H,27,30). The molecule has 0 radical (unpaired) electrons. The second kappa shape index (κ2) is 7.16. The van der Waals surface area contributed by atoms with Crippen molar-refractivity contribution in [1.29, 1.82) is 0 Å². The van der Waals surface area contributed by atoms with Crippen molar-refractivity contribution in [2.75, 3.05) is 19.6 Å². The molecule has 4 nitrogen and oxygen atoms in total. The summed E-state index contributed by atoms with van der Waals surface area (Å²) >= 11 is 0. The summed E-state index contributed by atoms with van der Waals surface area (Å²) in [7, 11) is 0. The minimum absolute atomic E-state index is 0.0881. The highest BCUT2D eigenvalue weighted by atomic mass is 19.3. The predicted molar refractivity (Wildman–Crippen MR) is 109 cm³/mol. The number of nitrogens with one attached hydrogen (secondary N) is 2. The average molecular weight is 413 g/mol. The lowest BCUT2D eigenvalue weighted by Gasteiger charge is -2.31. The number of rotatable bonds is 3. The SMILES string of the molecule is O=C1NCCc2c(-c3ccc(CN4CCC(F)(F)CC4)cc3)[nH]c3cc(F)cc1c23. The molecule has 1 amide bonds. The number of piperidine rings is 1. The summed E-state index contributed by atoms with van der Waals surface area (Å²) in [6.45, 7) is 1.93. The second-order valence-corrected chi connectivity index (χ2v) is 8.19. The Balaban J connectivity index is 1.44. The van der Waals surface area contributed by atoms with Crippen LogP contribution in [0.15, 0.2) is 36.4 Å². The van der Waals surface area contributed by atoms with Crippen molar-refractivity contribution in [2.45, 2.75) is 31.7 Å². The number of hydrogen-bond acceptors (Lipinski definition) is 2. The Labute approximate surface area is 172 Å². The van der Waals surface area contributed by atoms with Crippen LogP contribution < -0.4 is 5.32 Å². The van der Waals surface area contributed by atoms with Gasteiger partial charge in [0, 0.05) is 55.6 Å². The second-order valence-electron chi connectivity index (χ2n) is 8.19. The fraction of sp³-hybridized carbons (Fsp3) is 0.348. The van der Waals surface area contributed by atoms with Crippen molar-refractivity contribution < 1.29 is 18.0 Å². The molecular weight excluding hydrogens is 391 g/mol. The number of likely N-dealkylation sites (tertiary alicyclic amines) is 1. The summed E-state index contributed by atoms with van der Waals surface area (Å²) in [4.78, 5) is 17.7. The molecule has 0 atom stereocenters. The Kier molecular flexibility index (Phi) is 4.58. The predicted octanol–water partition coefficient (Wildman–Crippen LogP) is 4.49. The molecule has 1 fully saturated rings. The molecule has 0 aliphatic carbocycles. The highest BCUT2D eigenvalue weighted by molar-refractivity contribution is 6.10. The van der Waals surface area contributed by atoms with Gasteiger partial charge in [-0.05, 0) is 35.2 Å². The molecule has 5 rings (SSSR count). The molecule has 2 aliphatic rings. The first-order chi connectivity index (χ1) is 14.4. The third kappa shape index (κ3) is 3.47. The topological polar surface area (TPSA) is 48.1 Å². The fourth-order valence-corrected chi connectivity index (χ4v) is 4.51. The molecule has 156 valence electrons. The first-order valence-corrected chi connectivity index (χ1v) is 10.2. The first kappa shape index (κ1) is 19.2. The van der Waals surface area contributed by atoms with Gasteiger partial charge in [-0.3, -0.25) is 9.69 Å². The van der Waals surface area contributed by atoms with Crippen molar-refractivity contribution in [3.8, 4) is 11.3 Å².